The molecule has 0 atom stereocenters. The van der Waals surface area contributed by atoms with Gasteiger partial charge in [-0.2, -0.15) is 0 Å². The minimum Gasteiger partial charge on any atom is -0.387 e. The van der Waals surface area contributed by atoms with Crippen molar-refractivity contribution in [2.75, 3.05) is 13.1 Å². The van der Waals surface area contributed by atoms with Crippen molar-refractivity contribution >= 4 is 11.6 Å². The van der Waals surface area contributed by atoms with Crippen LogP contribution in [0, 0.1) is 5.92 Å². The van der Waals surface area contributed by atoms with Crippen LogP contribution < -0.4 is 0 Å². The first-order valence-electron chi connectivity index (χ1n) is 5.55. The van der Waals surface area contributed by atoms with E-state index in [2.05, 4.69) is 23.7 Å². The van der Waals surface area contributed by atoms with E-state index in [1.165, 1.54) is 0 Å². The standard InChI is InChI=1S/C12H17ClN2O/c1-9(2)12(16)7-15(8-12)6-10-3-4-14-11(13)5-10/h3-5,9,16H,6-8H2,1-2H3. The zero-order valence-electron chi connectivity index (χ0n) is 9.65. The molecule has 1 aliphatic heterocycles. The van der Waals surface area contributed by atoms with Gasteiger partial charge in [-0.15, -0.1) is 0 Å². The van der Waals surface area contributed by atoms with Gasteiger partial charge in [0.25, 0.3) is 0 Å². The van der Waals surface area contributed by atoms with Crippen LogP contribution in [0.5, 0.6) is 0 Å². The first-order chi connectivity index (χ1) is 7.49. The minimum absolute atomic E-state index is 0.310. The third-order valence-corrected chi connectivity index (χ3v) is 3.47. The third-order valence-electron chi connectivity index (χ3n) is 3.27. The van der Waals surface area contributed by atoms with Gasteiger partial charge in [0, 0.05) is 25.8 Å². The summed E-state index contributed by atoms with van der Waals surface area (Å²) in [5, 5.41) is 10.6. The van der Waals surface area contributed by atoms with Gasteiger partial charge < -0.3 is 5.11 Å². The number of likely N-dealkylation sites (tertiary alicyclic amines) is 1. The molecule has 3 nitrogen and oxygen atoms in total. The number of β-amino-alcohol motifs (C(OH)–C–C–N with tert-alkyl or cyclic N) is 1. The lowest BCUT2D eigenvalue weighted by atomic mass is 9.83. The smallest absolute Gasteiger partial charge is 0.129 e. The zero-order chi connectivity index (χ0) is 11.8. The van der Waals surface area contributed by atoms with E-state index < -0.39 is 5.60 Å². The minimum atomic E-state index is -0.503. The van der Waals surface area contributed by atoms with E-state index in [-0.39, 0.29) is 0 Å². The highest BCUT2D eigenvalue weighted by atomic mass is 35.5. The zero-order valence-corrected chi connectivity index (χ0v) is 10.4. The van der Waals surface area contributed by atoms with Gasteiger partial charge in [-0.1, -0.05) is 25.4 Å². The number of pyridine rings is 1. The Bertz CT molecular complexity index is 375. The molecule has 0 radical (unpaired) electrons. The molecule has 1 aliphatic rings. The van der Waals surface area contributed by atoms with Crippen LogP contribution in [0.25, 0.3) is 0 Å². The average molecular weight is 241 g/mol. The largest absolute Gasteiger partial charge is 0.387 e. The van der Waals surface area contributed by atoms with Gasteiger partial charge in [-0.25, -0.2) is 4.98 Å². The second-order valence-electron chi connectivity index (χ2n) is 4.89. The molecule has 0 aliphatic carbocycles. The van der Waals surface area contributed by atoms with Crippen LogP contribution >= 0.6 is 11.6 Å². The maximum Gasteiger partial charge on any atom is 0.129 e. The molecule has 1 fully saturated rings. The van der Waals surface area contributed by atoms with E-state index in [9.17, 15) is 5.11 Å². The predicted octanol–water partition coefficient (Wildman–Crippen LogP) is 1.94. The van der Waals surface area contributed by atoms with Gasteiger partial charge in [0.05, 0.1) is 5.60 Å². The highest BCUT2D eigenvalue weighted by molar-refractivity contribution is 6.29. The quantitative estimate of drug-likeness (QED) is 0.821. The molecule has 2 heterocycles. The van der Waals surface area contributed by atoms with Crippen LogP contribution in [0.2, 0.25) is 5.15 Å². The van der Waals surface area contributed by atoms with Gasteiger partial charge in [-0.05, 0) is 23.6 Å². The molecule has 88 valence electrons. The molecule has 2 rings (SSSR count). The molecule has 0 unspecified atom stereocenters. The van der Waals surface area contributed by atoms with Crippen LogP contribution in [0.4, 0.5) is 0 Å². The van der Waals surface area contributed by atoms with Gasteiger partial charge >= 0.3 is 0 Å². The Labute approximate surface area is 101 Å². The van der Waals surface area contributed by atoms with Gasteiger partial charge in [0.15, 0.2) is 0 Å². The van der Waals surface area contributed by atoms with Crippen LogP contribution in [-0.2, 0) is 6.54 Å². The van der Waals surface area contributed by atoms with E-state index in [1.54, 1.807) is 6.20 Å². The number of rotatable bonds is 3. The summed E-state index contributed by atoms with van der Waals surface area (Å²) in [5.41, 5.74) is 0.641. The summed E-state index contributed by atoms with van der Waals surface area (Å²) in [7, 11) is 0. The van der Waals surface area contributed by atoms with Crippen molar-refractivity contribution in [2.24, 2.45) is 5.92 Å². The lowest BCUT2D eigenvalue weighted by Crippen LogP contribution is -2.63. The second kappa shape index (κ2) is 4.32. The fourth-order valence-corrected chi connectivity index (χ4v) is 2.20. The van der Waals surface area contributed by atoms with Crippen molar-refractivity contribution in [2.45, 2.75) is 26.0 Å². The summed E-state index contributed by atoms with van der Waals surface area (Å²) >= 11 is 5.82. The fraction of sp³-hybridized carbons (Fsp3) is 0.583. The Morgan fingerprint density at radius 1 is 1.56 bits per heavy atom. The number of nitrogens with zero attached hydrogens (tertiary/aromatic N) is 2. The number of aliphatic hydroxyl groups is 1. The van der Waals surface area contributed by atoms with Crippen molar-refractivity contribution in [3.8, 4) is 0 Å². The first-order valence-corrected chi connectivity index (χ1v) is 5.92. The highest BCUT2D eigenvalue weighted by Gasteiger charge is 2.43. The maximum atomic E-state index is 10.1. The molecule has 1 aromatic heterocycles. The first kappa shape index (κ1) is 11.8. The van der Waals surface area contributed by atoms with Gasteiger partial charge in [-0.3, -0.25) is 4.90 Å². The monoisotopic (exact) mass is 240 g/mol. The fourth-order valence-electron chi connectivity index (χ4n) is 2.00. The molecule has 1 N–H and O–H groups in total. The van der Waals surface area contributed by atoms with E-state index in [4.69, 9.17) is 11.6 Å². The van der Waals surface area contributed by atoms with Gasteiger partial charge in [0.1, 0.15) is 5.15 Å². The van der Waals surface area contributed by atoms with E-state index in [1.807, 2.05) is 12.1 Å². The molecule has 16 heavy (non-hydrogen) atoms. The number of hydrogen-bond donors (Lipinski definition) is 1. The van der Waals surface area contributed by atoms with Crippen molar-refractivity contribution in [3.63, 3.8) is 0 Å². The Kier molecular flexibility index (Phi) is 3.19. The highest BCUT2D eigenvalue weighted by Crippen LogP contribution is 2.29. The van der Waals surface area contributed by atoms with Crippen molar-refractivity contribution in [1.82, 2.24) is 9.88 Å². The topological polar surface area (TPSA) is 36.4 Å². The summed E-state index contributed by atoms with van der Waals surface area (Å²) in [5.74, 6) is 0.310. The molecular weight excluding hydrogens is 224 g/mol. The summed E-state index contributed by atoms with van der Waals surface area (Å²) in [6.07, 6.45) is 1.71. The normalized spacial score (nSPS) is 19.8. The van der Waals surface area contributed by atoms with Crippen LogP contribution in [0.3, 0.4) is 0 Å². The SMILES string of the molecule is CC(C)C1(O)CN(Cc2ccnc(Cl)c2)C1. The number of aromatic nitrogens is 1. The van der Waals surface area contributed by atoms with Crippen LogP contribution in [0.1, 0.15) is 19.4 Å². The maximum absolute atomic E-state index is 10.1. The molecule has 0 aromatic carbocycles. The second-order valence-corrected chi connectivity index (χ2v) is 5.28. The summed E-state index contributed by atoms with van der Waals surface area (Å²) in [6, 6.07) is 3.83. The molecule has 4 heteroatoms. The Hall–Kier alpha value is -0.640. The predicted molar refractivity (Wildman–Crippen MR) is 64.3 cm³/mol. The van der Waals surface area contributed by atoms with E-state index >= 15 is 0 Å². The Balaban J connectivity index is 1.90. The Morgan fingerprint density at radius 3 is 2.81 bits per heavy atom. The summed E-state index contributed by atoms with van der Waals surface area (Å²) in [4.78, 5) is 6.16. The van der Waals surface area contributed by atoms with E-state index in [0.29, 0.717) is 11.1 Å². The molecule has 0 spiro atoms. The lowest BCUT2D eigenvalue weighted by Gasteiger charge is -2.49. The molecule has 0 amide bonds. The Morgan fingerprint density at radius 2 is 2.25 bits per heavy atom. The van der Waals surface area contributed by atoms with Crippen LogP contribution in [0.15, 0.2) is 18.3 Å². The van der Waals surface area contributed by atoms with Crippen molar-refractivity contribution in [1.29, 1.82) is 0 Å². The third kappa shape index (κ3) is 2.37. The van der Waals surface area contributed by atoms with Crippen LogP contribution in [-0.4, -0.2) is 33.7 Å². The van der Waals surface area contributed by atoms with Crippen molar-refractivity contribution < 1.29 is 5.11 Å². The summed E-state index contributed by atoms with van der Waals surface area (Å²) < 4.78 is 0. The van der Waals surface area contributed by atoms with Gasteiger partial charge in [0.2, 0.25) is 0 Å². The lowest BCUT2D eigenvalue weighted by molar-refractivity contribution is -0.130. The van der Waals surface area contributed by atoms with E-state index in [0.717, 1.165) is 25.2 Å². The average Bonchev–Trinajstić information content (AvgIpc) is 2.14. The van der Waals surface area contributed by atoms with Crippen molar-refractivity contribution in [3.05, 3.63) is 29.0 Å². The molecular formula is C12H17ClN2O. The molecule has 1 saturated heterocycles. The molecule has 1 aromatic rings. The number of halogens is 1. The summed E-state index contributed by atoms with van der Waals surface area (Å²) in [6.45, 7) is 6.42. The molecule has 0 bridgehead atoms. The molecule has 0 saturated carbocycles. The number of hydrogen-bond acceptors (Lipinski definition) is 3.